The lowest BCUT2D eigenvalue weighted by Gasteiger charge is -2.30. The average Bonchev–Trinajstić information content (AvgIpc) is 3.30. The Morgan fingerprint density at radius 3 is 2.36 bits per heavy atom. The Morgan fingerprint density at radius 1 is 0.939 bits per heavy atom. The molecule has 1 aromatic heterocycles. The van der Waals surface area contributed by atoms with Crippen LogP contribution in [0.4, 0.5) is 0 Å². The zero-order valence-electron chi connectivity index (χ0n) is 36.7. The van der Waals surface area contributed by atoms with Gasteiger partial charge in [-0.2, -0.15) is 9.78 Å². The van der Waals surface area contributed by atoms with Crippen molar-refractivity contribution in [2.45, 2.75) is 82.2 Å². The van der Waals surface area contributed by atoms with E-state index in [1.165, 1.54) is 38.7 Å². The molecule has 0 unspecified atom stereocenters. The van der Waals surface area contributed by atoms with Crippen molar-refractivity contribution in [3.05, 3.63) is 93.9 Å². The molecule has 66 heavy (non-hydrogen) atoms. The number of aliphatic hydroxyl groups is 1. The fourth-order valence-corrected chi connectivity index (χ4v) is 7.60. The quantitative estimate of drug-likeness (QED) is 0.0735. The predicted octanol–water partition coefficient (Wildman–Crippen LogP) is 1.30. The SMILES string of the molecule is C[C@@H]1NC(=O)[C@@H](N(C)C(=O)CNC(=O)c2cnn(-c3ccc(OC4CCCCC4)cc3)c(=O)c2)c2cc(OC[C@H](O)CN)c(O)c(c2)-c2cc(ccc2OCCCN)C[C@@H](C(=O)O)NC1=O. The van der Waals surface area contributed by atoms with Gasteiger partial charge >= 0.3 is 5.97 Å². The summed E-state index contributed by atoms with van der Waals surface area (Å²) in [5.74, 6) is -4.51. The monoisotopic (exact) mass is 912 g/mol. The molecular formula is C46H56N8O12. The van der Waals surface area contributed by atoms with Crippen LogP contribution in [0.3, 0.4) is 0 Å². The highest BCUT2D eigenvalue weighted by Crippen LogP contribution is 2.44. The highest BCUT2D eigenvalue weighted by Gasteiger charge is 2.34. The van der Waals surface area contributed by atoms with E-state index >= 15 is 0 Å². The molecule has 4 amide bonds. The predicted molar refractivity (Wildman–Crippen MR) is 239 cm³/mol. The number of carbonyl (C=O) groups excluding carboxylic acids is 4. The van der Waals surface area contributed by atoms with E-state index in [0.717, 1.165) is 41.3 Å². The molecule has 4 atom stereocenters. The number of likely N-dealkylation sites (N-methyl/N-ethyl adjacent to an activating group) is 1. The van der Waals surface area contributed by atoms with Gasteiger partial charge in [-0.05, 0) is 105 Å². The number of hydrogen-bond acceptors (Lipinski definition) is 14. The lowest BCUT2D eigenvalue weighted by molar-refractivity contribution is -0.142. The summed E-state index contributed by atoms with van der Waals surface area (Å²) in [5, 5.41) is 43.8. The molecule has 6 rings (SSSR count). The number of benzene rings is 3. The molecular weight excluding hydrogens is 857 g/mol. The van der Waals surface area contributed by atoms with Crippen LogP contribution in [0.15, 0.2) is 71.7 Å². The second-order valence-corrected chi connectivity index (χ2v) is 16.2. The minimum Gasteiger partial charge on any atom is -0.504 e. The zero-order valence-corrected chi connectivity index (χ0v) is 36.7. The highest BCUT2D eigenvalue weighted by molar-refractivity contribution is 5.98. The fourth-order valence-electron chi connectivity index (χ4n) is 7.60. The van der Waals surface area contributed by atoms with Crippen LogP contribution in [0.25, 0.3) is 16.8 Å². The molecule has 2 heterocycles. The maximum absolute atomic E-state index is 14.4. The van der Waals surface area contributed by atoms with Gasteiger partial charge in [0, 0.05) is 37.2 Å². The van der Waals surface area contributed by atoms with Crippen molar-refractivity contribution in [2.75, 3.05) is 39.9 Å². The van der Waals surface area contributed by atoms with E-state index in [1.54, 1.807) is 42.5 Å². The Labute approximate surface area is 380 Å². The van der Waals surface area contributed by atoms with Crippen LogP contribution in [0.2, 0.25) is 0 Å². The molecule has 0 radical (unpaired) electrons. The number of aromatic nitrogens is 2. The minimum atomic E-state index is -1.60. The van der Waals surface area contributed by atoms with Crippen LogP contribution >= 0.6 is 0 Å². The van der Waals surface area contributed by atoms with Crippen molar-refractivity contribution in [3.63, 3.8) is 0 Å². The molecule has 4 aromatic rings. The van der Waals surface area contributed by atoms with E-state index in [1.807, 2.05) is 0 Å². The molecule has 3 aromatic carbocycles. The van der Waals surface area contributed by atoms with Crippen molar-refractivity contribution in [1.82, 2.24) is 30.6 Å². The number of amides is 4. The first-order valence-electron chi connectivity index (χ1n) is 21.7. The van der Waals surface area contributed by atoms with Gasteiger partial charge in [-0.15, -0.1) is 0 Å². The molecule has 0 saturated heterocycles. The smallest absolute Gasteiger partial charge is 0.326 e. The van der Waals surface area contributed by atoms with E-state index in [0.29, 0.717) is 30.0 Å². The number of carboxylic acid groups (broad SMARTS) is 1. The first kappa shape index (κ1) is 48.4. The van der Waals surface area contributed by atoms with Crippen LogP contribution in [0.1, 0.15) is 73.0 Å². The van der Waals surface area contributed by atoms with E-state index in [4.69, 9.17) is 25.7 Å². The summed E-state index contributed by atoms with van der Waals surface area (Å²) < 4.78 is 19.1. The van der Waals surface area contributed by atoms with Crippen molar-refractivity contribution in [2.24, 2.45) is 11.5 Å². The number of carbonyl (C=O) groups is 5. The molecule has 20 nitrogen and oxygen atoms in total. The number of rotatable bonds is 16. The largest absolute Gasteiger partial charge is 0.504 e. The number of aromatic hydroxyl groups is 1. The summed E-state index contributed by atoms with van der Waals surface area (Å²) in [5.41, 5.74) is 11.7. The molecule has 1 aliphatic carbocycles. The maximum atomic E-state index is 14.4. The molecule has 2 aliphatic rings. The molecule has 10 N–H and O–H groups in total. The number of hydrogen-bond donors (Lipinski definition) is 8. The van der Waals surface area contributed by atoms with Gasteiger partial charge in [0.25, 0.3) is 11.5 Å². The van der Waals surface area contributed by atoms with Crippen LogP contribution in [0.5, 0.6) is 23.0 Å². The van der Waals surface area contributed by atoms with Crippen molar-refractivity contribution >= 4 is 29.6 Å². The van der Waals surface area contributed by atoms with Gasteiger partial charge in [-0.1, -0.05) is 12.5 Å². The molecule has 0 spiro atoms. The Hall–Kier alpha value is -7.03. The third kappa shape index (κ3) is 12.0. The van der Waals surface area contributed by atoms with E-state index < -0.39 is 71.7 Å². The van der Waals surface area contributed by atoms with Crippen LogP contribution < -0.4 is 47.2 Å². The summed E-state index contributed by atoms with van der Waals surface area (Å²) in [4.78, 5) is 81.6. The number of nitrogens with zero attached hydrogens (tertiary/aromatic N) is 3. The lowest BCUT2D eigenvalue weighted by atomic mass is 9.93. The summed E-state index contributed by atoms with van der Waals surface area (Å²) in [6.07, 6.45) is 5.83. The minimum absolute atomic E-state index is 0.0354. The topological polar surface area (TPSA) is 300 Å². The number of ether oxygens (including phenoxy) is 3. The molecule has 1 fully saturated rings. The van der Waals surface area contributed by atoms with Gasteiger partial charge in [0.15, 0.2) is 11.5 Å². The third-order valence-electron chi connectivity index (χ3n) is 11.3. The highest BCUT2D eigenvalue weighted by atomic mass is 16.5. The molecule has 4 bridgehead atoms. The summed E-state index contributed by atoms with van der Waals surface area (Å²) in [6, 6.07) is 11.0. The number of aliphatic carboxylic acids is 1. The number of nitrogens with one attached hydrogen (secondary N) is 3. The third-order valence-corrected chi connectivity index (χ3v) is 11.3. The normalized spacial score (nSPS) is 18.2. The summed E-state index contributed by atoms with van der Waals surface area (Å²) in [6.45, 7) is 0.541. The zero-order chi connectivity index (χ0) is 47.5. The van der Waals surface area contributed by atoms with Crippen LogP contribution in [-0.2, 0) is 25.6 Å². The standard InChI is InChI=1S/C46H56N8O12/c1-26-43(59)52-36(46(62)63)18-27-9-14-37(64-16-6-15-47)34(17-27)35-19-28(20-38(42(35)58)65-25-31(55)22-48)41(45(61)51-26)53(2)40(57)24-49-44(60)29-21-39(56)54(50-23-29)30-10-12-33(13-11-30)66-32-7-4-3-5-8-32/h9-14,17,19-21,23,26,31-32,36,41,55,58H,3-8,15-16,18,22,24-25,47-48H2,1-2H3,(H,49,60)(H,51,61)(H,52,59)(H,62,63)/t26-,31+,36-,41-/m0/s1. The van der Waals surface area contributed by atoms with Crippen molar-refractivity contribution in [3.8, 4) is 39.8 Å². The Morgan fingerprint density at radius 2 is 1.68 bits per heavy atom. The van der Waals surface area contributed by atoms with Gasteiger partial charge in [0.2, 0.25) is 17.7 Å². The number of fused-ring (bicyclic) bond motifs is 5. The van der Waals surface area contributed by atoms with Crippen molar-refractivity contribution in [1.29, 1.82) is 0 Å². The number of nitrogens with two attached hydrogens (primary N) is 2. The van der Waals surface area contributed by atoms with E-state index in [9.17, 15) is 44.1 Å². The summed E-state index contributed by atoms with van der Waals surface area (Å²) >= 11 is 0. The fraction of sp³-hybridized carbons (Fsp3) is 0.413. The summed E-state index contributed by atoms with van der Waals surface area (Å²) in [7, 11) is 1.27. The average molecular weight is 913 g/mol. The first-order valence-corrected chi connectivity index (χ1v) is 21.7. The van der Waals surface area contributed by atoms with Gasteiger partial charge in [-0.3, -0.25) is 24.0 Å². The second kappa shape index (κ2) is 22.2. The Kier molecular flexibility index (Phi) is 16.3. The number of phenolic OH excluding ortho intramolecular Hbond substituents is 1. The second-order valence-electron chi connectivity index (χ2n) is 16.2. The number of phenols is 1. The number of carboxylic acids is 1. The molecule has 20 heteroatoms. The van der Waals surface area contributed by atoms with Crippen LogP contribution in [0, 0.1) is 0 Å². The maximum Gasteiger partial charge on any atom is 0.326 e. The van der Waals surface area contributed by atoms with Gasteiger partial charge < -0.3 is 61.8 Å². The Balaban J connectivity index is 1.30. The Bertz CT molecular complexity index is 2460. The van der Waals surface area contributed by atoms with E-state index in [2.05, 4.69) is 21.0 Å². The van der Waals surface area contributed by atoms with Gasteiger partial charge in [-0.25, -0.2) is 4.79 Å². The lowest BCUT2D eigenvalue weighted by Crippen LogP contribution is -2.53. The molecule has 1 aliphatic heterocycles. The first-order chi connectivity index (χ1) is 31.7. The van der Waals surface area contributed by atoms with E-state index in [-0.39, 0.29) is 66.0 Å². The van der Waals surface area contributed by atoms with Crippen molar-refractivity contribution < 1.29 is 53.5 Å². The number of aliphatic hydroxyl groups excluding tert-OH is 1. The van der Waals surface area contributed by atoms with Gasteiger partial charge in [0.1, 0.15) is 42.3 Å². The molecule has 1 saturated carbocycles. The molecule has 352 valence electrons. The van der Waals surface area contributed by atoms with Gasteiger partial charge in [0.05, 0.1) is 36.7 Å². The van der Waals surface area contributed by atoms with Crippen LogP contribution in [-0.4, -0.2) is 124 Å².